The summed E-state index contributed by atoms with van der Waals surface area (Å²) in [7, 11) is 0. The average molecular weight is 416 g/mol. The largest absolute Gasteiger partial charge is 0.466 e. The number of aryl methyl sites for hydroxylation is 1. The molecule has 5 nitrogen and oxygen atoms in total. The van der Waals surface area contributed by atoms with Crippen molar-refractivity contribution >= 4 is 28.9 Å². The van der Waals surface area contributed by atoms with Crippen LogP contribution < -0.4 is 16.6 Å². The molecule has 0 spiro atoms. The average Bonchev–Trinajstić information content (AvgIpc) is 3.54. The zero-order chi connectivity index (χ0) is 21.1. The van der Waals surface area contributed by atoms with E-state index in [-0.39, 0.29) is 18.3 Å². The fourth-order valence-electron chi connectivity index (χ4n) is 3.73. The van der Waals surface area contributed by atoms with Gasteiger partial charge in [-0.15, -0.1) is 11.6 Å². The van der Waals surface area contributed by atoms with Crippen LogP contribution in [0.5, 0.6) is 0 Å². The zero-order valence-corrected chi connectivity index (χ0v) is 18.1. The number of carbonyl (C=O) groups excluding carboxylic acids is 1. The van der Waals surface area contributed by atoms with Crippen molar-refractivity contribution in [1.82, 2.24) is 0 Å². The summed E-state index contributed by atoms with van der Waals surface area (Å²) < 4.78 is 5.24. The fourth-order valence-corrected chi connectivity index (χ4v) is 4.02. The number of benzene rings is 2. The fraction of sp³-hybridized carbons (Fsp3) is 0.435. The van der Waals surface area contributed by atoms with E-state index in [4.69, 9.17) is 27.9 Å². The summed E-state index contributed by atoms with van der Waals surface area (Å²) in [5, 5.41) is 1.77. The number of nitrogen functional groups attached to an aromatic ring is 1. The van der Waals surface area contributed by atoms with E-state index >= 15 is 0 Å². The number of nitrogens with zero attached hydrogens (tertiary/aromatic N) is 1. The van der Waals surface area contributed by atoms with Gasteiger partial charge in [0, 0.05) is 17.8 Å². The van der Waals surface area contributed by atoms with E-state index in [1.54, 1.807) is 5.01 Å². The predicted molar refractivity (Wildman–Crippen MR) is 119 cm³/mol. The van der Waals surface area contributed by atoms with Gasteiger partial charge in [0.2, 0.25) is 0 Å². The summed E-state index contributed by atoms with van der Waals surface area (Å²) in [6, 6.07) is 10.5. The number of carbonyl (C=O) groups is 1. The topological polar surface area (TPSA) is 81.6 Å². The first-order chi connectivity index (χ1) is 13.9. The normalized spacial score (nSPS) is 14.5. The lowest BCUT2D eigenvalue weighted by atomic mass is 9.84. The Bertz CT molecular complexity index is 896. The molecule has 4 N–H and O–H groups in total. The SMILES string of the molecule is CCOC(=O)CC(c1ccc(C)c(CCl)c1)c1ccc(N(N)C2CC2)c(N)c1C. The Balaban J connectivity index is 2.03. The molecule has 1 saturated carbocycles. The molecule has 1 aliphatic rings. The maximum atomic E-state index is 12.4. The van der Waals surface area contributed by atoms with Crippen LogP contribution in [-0.2, 0) is 15.4 Å². The molecule has 3 rings (SSSR count). The minimum absolute atomic E-state index is 0.167. The predicted octanol–water partition coefficient (Wildman–Crippen LogP) is 4.55. The van der Waals surface area contributed by atoms with Crippen LogP contribution in [0, 0.1) is 13.8 Å². The first kappa shape index (κ1) is 21.5. The summed E-state index contributed by atoms with van der Waals surface area (Å²) in [4.78, 5) is 12.4. The van der Waals surface area contributed by atoms with E-state index in [2.05, 4.69) is 12.1 Å². The Morgan fingerprint density at radius 1 is 1.28 bits per heavy atom. The van der Waals surface area contributed by atoms with E-state index in [1.807, 2.05) is 39.0 Å². The van der Waals surface area contributed by atoms with Crippen LogP contribution >= 0.6 is 11.6 Å². The highest BCUT2D eigenvalue weighted by molar-refractivity contribution is 6.17. The second kappa shape index (κ2) is 9.06. The number of hydrazine groups is 1. The lowest BCUT2D eigenvalue weighted by Crippen LogP contribution is -2.34. The van der Waals surface area contributed by atoms with Gasteiger partial charge in [0.15, 0.2) is 0 Å². The third kappa shape index (κ3) is 4.68. The van der Waals surface area contributed by atoms with Crippen molar-refractivity contribution in [3.63, 3.8) is 0 Å². The summed E-state index contributed by atoms with van der Waals surface area (Å²) in [5.74, 6) is 6.28. The standard InChI is InChI=1S/C23H30ClN3O2/c1-4-29-22(28)12-20(16-6-5-14(2)17(11-16)13-24)19-9-10-21(23(25)15(19)3)27(26)18-7-8-18/h5-6,9-11,18,20H,4,7-8,12-13,25-26H2,1-3H3. The monoisotopic (exact) mass is 415 g/mol. The molecule has 1 aliphatic carbocycles. The smallest absolute Gasteiger partial charge is 0.306 e. The molecule has 29 heavy (non-hydrogen) atoms. The number of hydrogen-bond donors (Lipinski definition) is 2. The van der Waals surface area contributed by atoms with E-state index in [0.717, 1.165) is 46.3 Å². The van der Waals surface area contributed by atoms with Gasteiger partial charge in [0.1, 0.15) is 0 Å². The highest BCUT2D eigenvalue weighted by Gasteiger charge is 2.30. The summed E-state index contributed by atoms with van der Waals surface area (Å²) in [6.07, 6.45) is 2.42. The molecule has 6 heteroatoms. The highest BCUT2D eigenvalue weighted by Crippen LogP contribution is 2.39. The molecule has 2 aromatic carbocycles. The van der Waals surface area contributed by atoms with Crippen molar-refractivity contribution in [2.45, 2.75) is 57.9 Å². The molecule has 1 unspecified atom stereocenters. The van der Waals surface area contributed by atoms with Crippen LogP contribution in [0.4, 0.5) is 11.4 Å². The second-order valence-corrected chi connectivity index (χ2v) is 8.00. The molecule has 1 fully saturated rings. The van der Waals surface area contributed by atoms with Crippen molar-refractivity contribution in [2.24, 2.45) is 5.84 Å². The van der Waals surface area contributed by atoms with Gasteiger partial charge in [-0.1, -0.05) is 24.3 Å². The third-order valence-electron chi connectivity index (χ3n) is 5.72. The maximum absolute atomic E-state index is 12.4. The molecular formula is C23H30ClN3O2. The van der Waals surface area contributed by atoms with Gasteiger partial charge in [0.05, 0.1) is 24.4 Å². The summed E-state index contributed by atoms with van der Waals surface area (Å²) >= 11 is 6.13. The number of esters is 1. The van der Waals surface area contributed by atoms with Crippen molar-refractivity contribution < 1.29 is 9.53 Å². The van der Waals surface area contributed by atoms with Crippen LogP contribution in [0.15, 0.2) is 30.3 Å². The summed E-state index contributed by atoms with van der Waals surface area (Å²) in [5.41, 5.74) is 13.2. The second-order valence-electron chi connectivity index (χ2n) is 7.73. The lowest BCUT2D eigenvalue weighted by molar-refractivity contribution is -0.143. The number of alkyl halides is 1. The number of anilines is 2. The Morgan fingerprint density at radius 3 is 2.62 bits per heavy atom. The Hall–Kier alpha value is -2.24. The van der Waals surface area contributed by atoms with Crippen molar-refractivity contribution in [2.75, 3.05) is 17.3 Å². The molecule has 156 valence electrons. The molecule has 0 saturated heterocycles. The maximum Gasteiger partial charge on any atom is 0.306 e. The first-order valence-corrected chi connectivity index (χ1v) is 10.6. The van der Waals surface area contributed by atoms with Crippen LogP contribution in [0.2, 0.25) is 0 Å². The Labute approximate surface area is 177 Å². The minimum Gasteiger partial charge on any atom is -0.466 e. The Morgan fingerprint density at radius 2 is 2.00 bits per heavy atom. The first-order valence-electron chi connectivity index (χ1n) is 10.1. The number of hydrogen-bond acceptors (Lipinski definition) is 5. The van der Waals surface area contributed by atoms with Gasteiger partial charge < -0.3 is 15.5 Å². The zero-order valence-electron chi connectivity index (χ0n) is 17.4. The van der Waals surface area contributed by atoms with E-state index < -0.39 is 0 Å². The third-order valence-corrected chi connectivity index (χ3v) is 6.01. The minimum atomic E-state index is -0.231. The van der Waals surface area contributed by atoms with Crippen LogP contribution in [-0.4, -0.2) is 18.6 Å². The number of halogens is 1. The van der Waals surface area contributed by atoms with Gasteiger partial charge >= 0.3 is 5.97 Å². The van der Waals surface area contributed by atoms with Crippen LogP contribution in [0.3, 0.4) is 0 Å². The summed E-state index contributed by atoms with van der Waals surface area (Å²) in [6.45, 7) is 6.20. The molecule has 0 aliphatic heterocycles. The van der Waals surface area contributed by atoms with Crippen molar-refractivity contribution in [3.05, 3.63) is 58.1 Å². The van der Waals surface area contributed by atoms with Crippen molar-refractivity contribution in [1.29, 1.82) is 0 Å². The molecule has 0 amide bonds. The van der Waals surface area contributed by atoms with Crippen molar-refractivity contribution in [3.8, 4) is 0 Å². The van der Waals surface area contributed by atoms with Gasteiger partial charge in [-0.25, -0.2) is 5.84 Å². The van der Waals surface area contributed by atoms with Crippen LogP contribution in [0.1, 0.15) is 59.9 Å². The molecule has 0 aromatic heterocycles. The quantitative estimate of drug-likeness (QED) is 0.217. The van der Waals surface area contributed by atoms with Crippen LogP contribution in [0.25, 0.3) is 0 Å². The van der Waals surface area contributed by atoms with Gasteiger partial charge in [-0.2, -0.15) is 0 Å². The number of rotatable bonds is 8. The van der Waals surface area contributed by atoms with Gasteiger partial charge in [-0.3, -0.25) is 4.79 Å². The molecule has 2 aromatic rings. The van der Waals surface area contributed by atoms with E-state index in [9.17, 15) is 4.79 Å². The van der Waals surface area contributed by atoms with Gasteiger partial charge in [-0.05, 0) is 67.5 Å². The van der Waals surface area contributed by atoms with E-state index in [1.165, 1.54) is 0 Å². The van der Waals surface area contributed by atoms with Gasteiger partial charge in [0.25, 0.3) is 0 Å². The van der Waals surface area contributed by atoms with E-state index in [0.29, 0.717) is 24.2 Å². The molecule has 0 heterocycles. The number of ether oxygens (including phenoxy) is 1. The molecule has 0 bridgehead atoms. The molecule has 1 atom stereocenters. The Kier molecular flexibility index (Phi) is 6.70. The molecule has 0 radical (unpaired) electrons. The highest BCUT2D eigenvalue weighted by atomic mass is 35.5. The molecular weight excluding hydrogens is 386 g/mol. The lowest BCUT2D eigenvalue weighted by Gasteiger charge is -2.25. The number of nitrogens with two attached hydrogens (primary N) is 2.